The van der Waals surface area contributed by atoms with E-state index in [-0.39, 0.29) is 6.04 Å². The zero-order valence-electron chi connectivity index (χ0n) is 5.29. The lowest BCUT2D eigenvalue weighted by molar-refractivity contribution is -0.130. The molecule has 0 aliphatic carbocycles. The van der Waals surface area contributed by atoms with Gasteiger partial charge >= 0.3 is 0 Å². The quantitative estimate of drug-likeness (QED) is 0.450. The average molecular weight is 157 g/mol. The standard InChI is InChI=1S/C6H7NO2S/c1-4-7-5(3-10-4)6(9)2-8/h2,5,7H,1,3H2. The number of nitrogens with one attached hydrogen (secondary N) is 1. The van der Waals surface area contributed by atoms with E-state index in [0.29, 0.717) is 12.0 Å². The number of aldehydes is 1. The van der Waals surface area contributed by atoms with Gasteiger partial charge in [0.15, 0.2) is 6.29 Å². The number of thioether (sulfide) groups is 1. The second-order valence-corrected chi connectivity index (χ2v) is 3.07. The highest BCUT2D eigenvalue weighted by molar-refractivity contribution is 8.03. The molecule has 1 fully saturated rings. The van der Waals surface area contributed by atoms with Gasteiger partial charge in [0.25, 0.3) is 0 Å². The van der Waals surface area contributed by atoms with E-state index < -0.39 is 5.78 Å². The highest BCUT2D eigenvalue weighted by Crippen LogP contribution is 2.19. The molecule has 0 radical (unpaired) electrons. The van der Waals surface area contributed by atoms with Gasteiger partial charge in [0.2, 0.25) is 5.78 Å². The lowest BCUT2D eigenvalue weighted by atomic mass is 10.2. The van der Waals surface area contributed by atoms with E-state index in [1.54, 1.807) is 0 Å². The zero-order chi connectivity index (χ0) is 7.56. The Kier molecular flexibility index (Phi) is 2.11. The monoisotopic (exact) mass is 157 g/mol. The number of hydrogen-bond donors (Lipinski definition) is 1. The summed E-state index contributed by atoms with van der Waals surface area (Å²) in [7, 11) is 0. The summed E-state index contributed by atoms with van der Waals surface area (Å²) in [6, 6.07) is -0.338. The van der Waals surface area contributed by atoms with Crippen molar-refractivity contribution in [3.63, 3.8) is 0 Å². The van der Waals surface area contributed by atoms with Gasteiger partial charge in [-0.15, -0.1) is 11.8 Å². The van der Waals surface area contributed by atoms with E-state index in [2.05, 4.69) is 11.9 Å². The minimum Gasteiger partial charge on any atom is -0.369 e. The molecule has 1 atom stereocenters. The maximum atomic E-state index is 10.7. The predicted molar refractivity (Wildman–Crippen MR) is 39.6 cm³/mol. The van der Waals surface area contributed by atoms with E-state index in [0.717, 1.165) is 5.03 Å². The van der Waals surface area contributed by atoms with Gasteiger partial charge in [-0.3, -0.25) is 9.59 Å². The molecule has 4 heteroatoms. The highest BCUT2D eigenvalue weighted by Gasteiger charge is 2.23. The number of Topliss-reactive ketones (excluding diaryl/α,β-unsaturated/α-hetero) is 1. The molecule has 54 valence electrons. The van der Waals surface area contributed by atoms with Crippen molar-refractivity contribution in [2.45, 2.75) is 6.04 Å². The van der Waals surface area contributed by atoms with Gasteiger partial charge in [-0.1, -0.05) is 6.58 Å². The number of rotatable bonds is 2. The van der Waals surface area contributed by atoms with Gasteiger partial charge in [-0.25, -0.2) is 0 Å². The van der Waals surface area contributed by atoms with Crippen LogP contribution in [0.25, 0.3) is 0 Å². The molecule has 0 aromatic rings. The van der Waals surface area contributed by atoms with E-state index >= 15 is 0 Å². The van der Waals surface area contributed by atoms with E-state index in [1.807, 2.05) is 0 Å². The molecule has 3 nitrogen and oxygen atoms in total. The second kappa shape index (κ2) is 2.88. The van der Waals surface area contributed by atoms with Crippen molar-refractivity contribution in [3.05, 3.63) is 11.6 Å². The molecule has 1 rings (SSSR count). The Balaban J connectivity index is 2.52. The minimum absolute atomic E-state index is 0.338. The Hall–Kier alpha value is -0.770. The molecule has 1 saturated heterocycles. The Morgan fingerprint density at radius 2 is 2.60 bits per heavy atom. The molecule has 1 aliphatic rings. The molecule has 1 N–H and O–H groups in total. The average Bonchev–Trinajstić information content (AvgIpc) is 2.34. The van der Waals surface area contributed by atoms with Crippen molar-refractivity contribution in [1.82, 2.24) is 5.32 Å². The summed E-state index contributed by atoms with van der Waals surface area (Å²) < 4.78 is 0. The van der Waals surface area contributed by atoms with Crippen LogP contribution in [0.3, 0.4) is 0 Å². The first-order chi connectivity index (χ1) is 4.74. The van der Waals surface area contributed by atoms with Crippen LogP contribution in [0.2, 0.25) is 0 Å². The second-order valence-electron chi connectivity index (χ2n) is 1.95. The molecule has 1 aliphatic heterocycles. The van der Waals surface area contributed by atoms with Gasteiger partial charge in [0, 0.05) is 5.75 Å². The van der Waals surface area contributed by atoms with Gasteiger partial charge in [-0.2, -0.15) is 0 Å². The van der Waals surface area contributed by atoms with Crippen molar-refractivity contribution in [3.8, 4) is 0 Å². The summed E-state index contributed by atoms with van der Waals surface area (Å²) in [4.78, 5) is 20.6. The van der Waals surface area contributed by atoms with Crippen LogP contribution in [0.5, 0.6) is 0 Å². The first kappa shape index (κ1) is 7.34. The Morgan fingerprint density at radius 1 is 1.90 bits per heavy atom. The third-order valence-electron chi connectivity index (χ3n) is 1.22. The van der Waals surface area contributed by atoms with Crippen LogP contribution in [-0.4, -0.2) is 23.9 Å². The fourth-order valence-corrected chi connectivity index (χ4v) is 1.54. The molecule has 1 heterocycles. The topological polar surface area (TPSA) is 46.2 Å². The van der Waals surface area contributed by atoms with Crippen LogP contribution in [0.15, 0.2) is 11.6 Å². The smallest absolute Gasteiger partial charge is 0.218 e. The van der Waals surface area contributed by atoms with Gasteiger partial charge in [0.05, 0.1) is 5.03 Å². The van der Waals surface area contributed by atoms with Gasteiger partial charge in [-0.05, 0) is 0 Å². The molecule has 0 aromatic carbocycles. The van der Waals surface area contributed by atoms with Crippen LogP contribution in [-0.2, 0) is 9.59 Å². The van der Waals surface area contributed by atoms with Crippen molar-refractivity contribution < 1.29 is 9.59 Å². The summed E-state index contributed by atoms with van der Waals surface area (Å²) >= 11 is 1.46. The maximum Gasteiger partial charge on any atom is 0.218 e. The number of ketones is 1. The first-order valence-corrected chi connectivity index (χ1v) is 3.80. The fraction of sp³-hybridized carbons (Fsp3) is 0.333. The summed E-state index contributed by atoms with van der Waals surface area (Å²) in [5.41, 5.74) is 0. The van der Waals surface area contributed by atoms with Crippen LogP contribution in [0, 0.1) is 0 Å². The van der Waals surface area contributed by atoms with Crippen LogP contribution < -0.4 is 5.32 Å². The first-order valence-electron chi connectivity index (χ1n) is 2.81. The highest BCUT2D eigenvalue weighted by atomic mass is 32.2. The maximum absolute atomic E-state index is 10.7. The molecule has 1 unspecified atom stereocenters. The summed E-state index contributed by atoms with van der Waals surface area (Å²) in [5, 5.41) is 3.56. The predicted octanol–water partition coefficient (Wildman–Crippen LogP) is -0.0694. The molecule has 0 bridgehead atoms. The largest absolute Gasteiger partial charge is 0.369 e. The van der Waals surface area contributed by atoms with Crippen molar-refractivity contribution in [2.75, 3.05) is 5.75 Å². The van der Waals surface area contributed by atoms with Crippen molar-refractivity contribution in [2.24, 2.45) is 0 Å². The Morgan fingerprint density at radius 3 is 3.00 bits per heavy atom. The van der Waals surface area contributed by atoms with Gasteiger partial charge in [0.1, 0.15) is 6.04 Å². The molecular formula is C6H7NO2S. The van der Waals surface area contributed by atoms with E-state index in [9.17, 15) is 9.59 Å². The third-order valence-corrected chi connectivity index (χ3v) is 2.19. The molecule has 0 spiro atoms. The number of carbonyl (C=O) groups is 2. The molecule has 0 amide bonds. The lowest BCUT2D eigenvalue weighted by Crippen LogP contribution is -2.32. The van der Waals surface area contributed by atoms with Crippen molar-refractivity contribution in [1.29, 1.82) is 0 Å². The summed E-state index contributed by atoms with van der Waals surface area (Å²) in [6.45, 7) is 3.60. The lowest BCUT2D eigenvalue weighted by Gasteiger charge is -2.01. The van der Waals surface area contributed by atoms with Crippen LogP contribution in [0.4, 0.5) is 0 Å². The zero-order valence-corrected chi connectivity index (χ0v) is 6.11. The SMILES string of the molecule is C=C1NC(C(=O)C=O)CS1. The third kappa shape index (κ3) is 1.39. The fourth-order valence-electron chi connectivity index (χ4n) is 0.697. The van der Waals surface area contributed by atoms with Gasteiger partial charge < -0.3 is 5.32 Å². The molecular weight excluding hydrogens is 150 g/mol. The van der Waals surface area contributed by atoms with E-state index in [1.165, 1.54) is 11.8 Å². The van der Waals surface area contributed by atoms with E-state index in [4.69, 9.17) is 0 Å². The summed E-state index contributed by atoms with van der Waals surface area (Å²) in [5.74, 6) is 0.224. The van der Waals surface area contributed by atoms with Crippen molar-refractivity contribution >= 4 is 23.8 Å². The number of hydrogen-bond acceptors (Lipinski definition) is 4. The molecule has 0 saturated carbocycles. The minimum atomic E-state index is -0.397. The molecule has 10 heavy (non-hydrogen) atoms. The number of carbonyl (C=O) groups excluding carboxylic acids is 2. The Labute approximate surface area is 62.9 Å². The summed E-state index contributed by atoms with van der Waals surface area (Å²) in [6.07, 6.45) is 0.344. The normalized spacial score (nSPS) is 24.0. The Bertz CT molecular complexity index is 190. The van der Waals surface area contributed by atoms with Crippen LogP contribution >= 0.6 is 11.8 Å². The van der Waals surface area contributed by atoms with Crippen LogP contribution in [0.1, 0.15) is 0 Å². The molecule has 0 aromatic heterocycles.